The molecule has 2 aromatic rings. The molecule has 1 unspecified atom stereocenters. The molecule has 1 aromatic carbocycles. The summed E-state index contributed by atoms with van der Waals surface area (Å²) in [6.45, 7) is 6.02. The van der Waals surface area contributed by atoms with Crippen molar-refractivity contribution in [3.8, 4) is 11.5 Å². The van der Waals surface area contributed by atoms with Gasteiger partial charge in [-0.3, -0.25) is 9.89 Å². The number of piperidine rings is 1. The number of ether oxygens (including phenoxy) is 2. The van der Waals surface area contributed by atoms with Crippen molar-refractivity contribution in [1.82, 2.24) is 15.5 Å². The number of guanidine groups is 1. The second kappa shape index (κ2) is 11.1. The SMILES string of the molecule is CN=C(NCC(C)Oc1ccc(OC)cc1)NC1CCN(Cc2ccsc2)CC1. The van der Waals surface area contributed by atoms with E-state index >= 15 is 0 Å². The van der Waals surface area contributed by atoms with Gasteiger partial charge < -0.3 is 20.1 Å². The van der Waals surface area contributed by atoms with Gasteiger partial charge in [0.25, 0.3) is 0 Å². The van der Waals surface area contributed by atoms with Crippen LogP contribution in [0, 0.1) is 0 Å². The van der Waals surface area contributed by atoms with Crippen molar-refractivity contribution in [1.29, 1.82) is 0 Å². The summed E-state index contributed by atoms with van der Waals surface area (Å²) in [7, 11) is 3.48. The Labute approximate surface area is 177 Å². The van der Waals surface area contributed by atoms with Crippen LogP contribution < -0.4 is 20.1 Å². The molecule has 0 saturated carbocycles. The fraction of sp³-hybridized carbons (Fsp3) is 0.500. The minimum Gasteiger partial charge on any atom is -0.497 e. The van der Waals surface area contributed by atoms with Gasteiger partial charge in [0, 0.05) is 32.7 Å². The second-order valence-corrected chi connectivity index (χ2v) is 8.16. The molecule has 1 saturated heterocycles. The van der Waals surface area contributed by atoms with Gasteiger partial charge in [0.05, 0.1) is 13.7 Å². The van der Waals surface area contributed by atoms with E-state index in [9.17, 15) is 0 Å². The molecule has 0 bridgehead atoms. The van der Waals surface area contributed by atoms with Crippen molar-refractivity contribution in [2.24, 2.45) is 4.99 Å². The zero-order valence-electron chi connectivity index (χ0n) is 17.6. The van der Waals surface area contributed by atoms with E-state index in [2.05, 4.69) is 37.4 Å². The Morgan fingerprint density at radius 3 is 2.55 bits per heavy atom. The quantitative estimate of drug-likeness (QED) is 0.511. The number of aliphatic imine (C=N–C) groups is 1. The van der Waals surface area contributed by atoms with Crippen LogP contribution in [0.2, 0.25) is 0 Å². The minimum absolute atomic E-state index is 0.0226. The van der Waals surface area contributed by atoms with Gasteiger partial charge in [-0.1, -0.05) is 0 Å². The number of rotatable bonds is 8. The minimum atomic E-state index is 0.0226. The highest BCUT2D eigenvalue weighted by atomic mass is 32.1. The number of hydrogen-bond acceptors (Lipinski definition) is 5. The van der Waals surface area contributed by atoms with Crippen molar-refractivity contribution < 1.29 is 9.47 Å². The summed E-state index contributed by atoms with van der Waals surface area (Å²) in [5.74, 6) is 2.50. The third kappa shape index (κ3) is 6.94. The van der Waals surface area contributed by atoms with Gasteiger partial charge in [0.1, 0.15) is 17.6 Å². The van der Waals surface area contributed by atoms with E-state index in [1.807, 2.05) is 38.2 Å². The molecule has 1 aromatic heterocycles. The second-order valence-electron chi connectivity index (χ2n) is 7.38. The summed E-state index contributed by atoms with van der Waals surface area (Å²) >= 11 is 1.77. The molecule has 2 heterocycles. The van der Waals surface area contributed by atoms with Gasteiger partial charge in [-0.15, -0.1) is 0 Å². The lowest BCUT2D eigenvalue weighted by molar-refractivity contribution is 0.198. The van der Waals surface area contributed by atoms with Gasteiger partial charge >= 0.3 is 0 Å². The highest BCUT2D eigenvalue weighted by molar-refractivity contribution is 7.07. The molecule has 1 aliphatic heterocycles. The first kappa shape index (κ1) is 21.5. The number of nitrogens with one attached hydrogen (secondary N) is 2. The van der Waals surface area contributed by atoms with E-state index < -0.39 is 0 Å². The van der Waals surface area contributed by atoms with Crippen LogP contribution in [0.1, 0.15) is 25.3 Å². The molecule has 0 spiro atoms. The smallest absolute Gasteiger partial charge is 0.191 e. The third-order valence-corrected chi connectivity index (χ3v) is 5.82. The number of nitrogens with zero attached hydrogens (tertiary/aromatic N) is 2. The van der Waals surface area contributed by atoms with E-state index in [1.54, 1.807) is 18.4 Å². The van der Waals surface area contributed by atoms with Gasteiger partial charge in [-0.2, -0.15) is 11.3 Å². The van der Waals surface area contributed by atoms with Gasteiger partial charge in [-0.05, 0) is 66.4 Å². The molecule has 6 nitrogen and oxygen atoms in total. The maximum atomic E-state index is 5.96. The Bertz CT molecular complexity index is 741. The molecule has 3 rings (SSSR count). The van der Waals surface area contributed by atoms with E-state index in [1.165, 1.54) is 5.56 Å². The van der Waals surface area contributed by atoms with E-state index in [-0.39, 0.29) is 6.10 Å². The third-order valence-electron chi connectivity index (χ3n) is 5.09. The standard InChI is InChI=1S/C22H32N4O2S/c1-17(28-21-6-4-20(27-3)5-7-21)14-24-22(23-2)25-19-8-11-26(12-9-19)15-18-10-13-29-16-18/h4-7,10,13,16-17,19H,8-9,11-12,14-15H2,1-3H3,(H2,23,24,25). The molecule has 1 aliphatic rings. The number of likely N-dealkylation sites (tertiary alicyclic amines) is 1. The maximum Gasteiger partial charge on any atom is 0.191 e. The van der Waals surface area contributed by atoms with E-state index in [0.717, 1.165) is 49.9 Å². The van der Waals surface area contributed by atoms with Crippen molar-refractivity contribution >= 4 is 17.3 Å². The van der Waals surface area contributed by atoms with Crippen LogP contribution in [0.15, 0.2) is 46.1 Å². The summed E-state index contributed by atoms with van der Waals surface area (Å²) in [5.41, 5.74) is 1.42. The fourth-order valence-corrected chi connectivity index (χ4v) is 4.09. The molecule has 0 radical (unpaired) electrons. The number of thiophene rings is 1. The topological polar surface area (TPSA) is 58.1 Å². The van der Waals surface area contributed by atoms with Crippen LogP contribution in [-0.2, 0) is 6.54 Å². The zero-order valence-corrected chi connectivity index (χ0v) is 18.4. The van der Waals surface area contributed by atoms with Crippen molar-refractivity contribution in [3.63, 3.8) is 0 Å². The first-order chi connectivity index (χ1) is 14.2. The predicted molar refractivity (Wildman–Crippen MR) is 120 cm³/mol. The van der Waals surface area contributed by atoms with Crippen molar-refractivity contribution in [2.45, 2.75) is 38.5 Å². The Balaban J connectivity index is 1.36. The Kier molecular flexibility index (Phi) is 8.19. The highest BCUT2D eigenvalue weighted by Crippen LogP contribution is 2.18. The summed E-state index contributed by atoms with van der Waals surface area (Å²) in [6.07, 6.45) is 2.28. The summed E-state index contributed by atoms with van der Waals surface area (Å²) in [6, 6.07) is 10.3. The summed E-state index contributed by atoms with van der Waals surface area (Å²) in [5, 5.41) is 11.3. The first-order valence-electron chi connectivity index (χ1n) is 10.2. The van der Waals surface area contributed by atoms with Gasteiger partial charge in [0.15, 0.2) is 5.96 Å². The summed E-state index contributed by atoms with van der Waals surface area (Å²) < 4.78 is 11.1. The van der Waals surface area contributed by atoms with E-state index in [0.29, 0.717) is 12.6 Å². The van der Waals surface area contributed by atoms with E-state index in [4.69, 9.17) is 9.47 Å². The van der Waals surface area contributed by atoms with Crippen LogP contribution in [-0.4, -0.2) is 56.8 Å². The molecular weight excluding hydrogens is 384 g/mol. The van der Waals surface area contributed by atoms with Crippen LogP contribution in [0.5, 0.6) is 11.5 Å². The Hall–Kier alpha value is -2.25. The molecule has 1 atom stereocenters. The lowest BCUT2D eigenvalue weighted by Gasteiger charge is -2.33. The highest BCUT2D eigenvalue weighted by Gasteiger charge is 2.20. The van der Waals surface area contributed by atoms with Crippen LogP contribution >= 0.6 is 11.3 Å². The maximum absolute atomic E-state index is 5.96. The fourth-order valence-electron chi connectivity index (χ4n) is 3.43. The molecule has 2 N–H and O–H groups in total. The number of hydrogen-bond donors (Lipinski definition) is 2. The van der Waals surface area contributed by atoms with Crippen molar-refractivity contribution in [2.75, 3.05) is 33.8 Å². The Morgan fingerprint density at radius 1 is 1.21 bits per heavy atom. The van der Waals surface area contributed by atoms with Crippen molar-refractivity contribution in [3.05, 3.63) is 46.7 Å². The number of methoxy groups -OCH3 is 1. The molecule has 0 aliphatic carbocycles. The molecule has 158 valence electrons. The normalized spacial score (nSPS) is 17.0. The Morgan fingerprint density at radius 2 is 1.93 bits per heavy atom. The van der Waals surface area contributed by atoms with Gasteiger partial charge in [-0.25, -0.2) is 0 Å². The largest absolute Gasteiger partial charge is 0.497 e. The predicted octanol–water partition coefficient (Wildman–Crippen LogP) is 3.35. The average Bonchev–Trinajstić information content (AvgIpc) is 3.26. The van der Waals surface area contributed by atoms with Gasteiger partial charge in [0.2, 0.25) is 0 Å². The monoisotopic (exact) mass is 416 g/mol. The molecule has 1 fully saturated rings. The summed E-state index contributed by atoms with van der Waals surface area (Å²) in [4.78, 5) is 6.90. The lowest BCUT2D eigenvalue weighted by atomic mass is 10.0. The lowest BCUT2D eigenvalue weighted by Crippen LogP contribution is -2.49. The number of benzene rings is 1. The van der Waals surface area contributed by atoms with Crippen LogP contribution in [0.3, 0.4) is 0 Å². The molecule has 7 heteroatoms. The van der Waals surface area contributed by atoms with Crippen LogP contribution in [0.25, 0.3) is 0 Å². The molecule has 0 amide bonds. The average molecular weight is 417 g/mol. The first-order valence-corrected chi connectivity index (χ1v) is 11.1. The zero-order chi connectivity index (χ0) is 20.5. The molecule has 29 heavy (non-hydrogen) atoms. The van der Waals surface area contributed by atoms with Crippen LogP contribution in [0.4, 0.5) is 0 Å². The molecular formula is C22H32N4O2S.